The molecule has 1 aromatic heterocycles. The fourth-order valence-electron chi connectivity index (χ4n) is 2.60. The summed E-state index contributed by atoms with van der Waals surface area (Å²) in [5.74, 6) is 0.0645. The Morgan fingerprint density at radius 2 is 1.32 bits per heavy atom. The van der Waals surface area contributed by atoms with Crippen molar-refractivity contribution in [2.75, 3.05) is 6.61 Å². The lowest BCUT2D eigenvalue weighted by Gasteiger charge is -2.26. The molecule has 0 bridgehead atoms. The van der Waals surface area contributed by atoms with Gasteiger partial charge in [0, 0.05) is 20.6 Å². The van der Waals surface area contributed by atoms with Crippen LogP contribution in [-0.2, 0) is 21.0 Å². The lowest BCUT2D eigenvalue weighted by molar-refractivity contribution is -0.161. The first kappa shape index (κ1) is 43.5. The molecule has 23 heteroatoms. The minimum Gasteiger partial charge on any atom is -0.460 e. The number of hydrogen-bond donors (Lipinski definition) is 0. The molecule has 0 aliphatic heterocycles. The van der Waals surface area contributed by atoms with Gasteiger partial charge in [-0.3, -0.25) is 4.79 Å². The quantitative estimate of drug-likeness (QED) is 0.112. The van der Waals surface area contributed by atoms with E-state index in [1.165, 1.54) is 0 Å². The summed E-state index contributed by atoms with van der Waals surface area (Å²) in [5.41, 5.74) is -0.505. The van der Waals surface area contributed by atoms with Crippen molar-refractivity contribution < 1.29 is 66.1 Å². The van der Waals surface area contributed by atoms with E-state index in [1.807, 2.05) is 27.7 Å². The topological polar surface area (TPSA) is 79.1 Å². The summed E-state index contributed by atoms with van der Waals surface area (Å²) in [6.07, 6.45) is 1.63. The molecule has 1 rings (SSSR count). The Bertz CT molecular complexity index is 802. The Labute approximate surface area is 232 Å². The number of tetrazole rings is 1. The van der Waals surface area contributed by atoms with Crippen molar-refractivity contribution in [3.05, 3.63) is 5.82 Å². The Balaban J connectivity index is -0.000000785. The van der Waals surface area contributed by atoms with E-state index in [4.69, 9.17) is 9.47 Å². The fourth-order valence-corrected chi connectivity index (χ4v) is 3.36. The fraction of sp³-hybridized carbons (Fsp3) is 0.889. The highest BCUT2D eigenvalue weighted by atomic mass is 28.3. The number of halogens is 12. The first-order valence-electron chi connectivity index (χ1n) is 12.1. The van der Waals surface area contributed by atoms with E-state index in [9.17, 15) is 56.6 Å². The summed E-state index contributed by atoms with van der Waals surface area (Å²) in [4.78, 5) is 12.6. The van der Waals surface area contributed by atoms with Gasteiger partial charge in [0.25, 0.3) is 0 Å². The van der Waals surface area contributed by atoms with E-state index >= 15 is 0 Å². The summed E-state index contributed by atoms with van der Waals surface area (Å²) in [6.45, 7) is 17.7. The second-order valence-electron chi connectivity index (χ2n) is 10.6. The maximum Gasteiger partial charge on any atom is 0.673 e. The molecule has 0 spiro atoms. The molecular formula is C18H36B3F12N4O3Si-3. The SMILES string of the molecule is CCC[C@H](C(=O)OC(C)(C)C)[C@H](C)c1nnnn1COCC[Si](C)(C)C.F[B-](F)(F)F.F[B-](F)(F)F.F[B-](F)(F)F. The van der Waals surface area contributed by atoms with Gasteiger partial charge < -0.3 is 61.3 Å². The zero-order valence-electron chi connectivity index (χ0n) is 24.0. The van der Waals surface area contributed by atoms with Crippen molar-refractivity contribution >= 4 is 35.8 Å². The second-order valence-corrected chi connectivity index (χ2v) is 16.2. The molecule has 1 heterocycles. The first-order chi connectivity index (χ1) is 17.9. The second kappa shape index (κ2) is 18.6. The van der Waals surface area contributed by atoms with Crippen molar-refractivity contribution in [1.29, 1.82) is 0 Å². The van der Waals surface area contributed by atoms with Gasteiger partial charge in [0.2, 0.25) is 0 Å². The van der Waals surface area contributed by atoms with E-state index < -0.39 is 35.4 Å². The predicted octanol–water partition coefficient (Wildman–Crippen LogP) is 7.75. The van der Waals surface area contributed by atoms with E-state index in [1.54, 1.807) is 4.68 Å². The molecule has 0 aliphatic carbocycles. The van der Waals surface area contributed by atoms with Gasteiger partial charge in [0.1, 0.15) is 12.3 Å². The third-order valence-electron chi connectivity index (χ3n) is 4.09. The summed E-state index contributed by atoms with van der Waals surface area (Å²) in [5, 5.41) is 12.0. The van der Waals surface area contributed by atoms with Gasteiger partial charge in [-0.05, 0) is 43.7 Å². The predicted molar refractivity (Wildman–Crippen MR) is 135 cm³/mol. The van der Waals surface area contributed by atoms with Crippen LogP contribution in [0.3, 0.4) is 0 Å². The van der Waals surface area contributed by atoms with Crippen molar-refractivity contribution in [2.24, 2.45) is 5.92 Å². The monoisotopic (exact) mass is 645 g/mol. The van der Waals surface area contributed by atoms with Crippen LogP contribution >= 0.6 is 0 Å². The van der Waals surface area contributed by atoms with Crippen LogP contribution in [-0.4, -0.2) is 68.2 Å². The minimum absolute atomic E-state index is 0.139. The van der Waals surface area contributed by atoms with Gasteiger partial charge in [0.05, 0.1) is 5.92 Å². The Morgan fingerprint density at radius 3 is 1.66 bits per heavy atom. The van der Waals surface area contributed by atoms with Crippen LogP contribution in [0.25, 0.3) is 0 Å². The van der Waals surface area contributed by atoms with Crippen LogP contribution < -0.4 is 0 Å². The maximum absolute atomic E-state index is 12.6. The zero-order chi connectivity index (χ0) is 33.5. The molecule has 1 aromatic rings. The highest BCUT2D eigenvalue weighted by Gasteiger charge is 2.33. The standard InChI is InChI=1S/C18H36N4O3Si.3BF4/c1-9-10-15(17(23)25-18(3,4)5)14(2)16-19-20-21-22(16)13-24-11-12-26(6,7)8;3*2-1(3,4)5/h14-15H,9-13H2,1-8H3;;;/q;3*-1/t14-,15-;;;/m0.../s1. The lowest BCUT2D eigenvalue weighted by atomic mass is 9.89. The number of esters is 1. The molecule has 0 aliphatic rings. The third kappa shape index (κ3) is 38.1. The largest absolute Gasteiger partial charge is 0.673 e. The number of hydrogen-bond acceptors (Lipinski definition) is 6. The van der Waals surface area contributed by atoms with Crippen molar-refractivity contribution in [1.82, 2.24) is 20.2 Å². The molecule has 0 aromatic carbocycles. The molecule has 0 N–H and O–H groups in total. The number of ether oxygens (including phenoxy) is 2. The van der Waals surface area contributed by atoms with E-state index in [2.05, 4.69) is 42.1 Å². The van der Waals surface area contributed by atoms with Crippen LogP contribution in [0.1, 0.15) is 59.2 Å². The van der Waals surface area contributed by atoms with Crippen LogP contribution in [0, 0.1) is 5.92 Å². The van der Waals surface area contributed by atoms with Crippen LogP contribution in [0.5, 0.6) is 0 Å². The average molecular weight is 645 g/mol. The van der Waals surface area contributed by atoms with E-state index in [0.29, 0.717) is 19.2 Å². The van der Waals surface area contributed by atoms with Gasteiger partial charge in [0.15, 0.2) is 5.82 Å². The van der Waals surface area contributed by atoms with Gasteiger partial charge in [-0.1, -0.05) is 39.9 Å². The van der Waals surface area contributed by atoms with Crippen LogP contribution in [0.15, 0.2) is 0 Å². The Hall–Kier alpha value is -1.93. The van der Waals surface area contributed by atoms with Crippen LogP contribution in [0.2, 0.25) is 25.7 Å². The molecule has 41 heavy (non-hydrogen) atoms. The van der Waals surface area contributed by atoms with Crippen LogP contribution in [0.4, 0.5) is 51.8 Å². The Kier molecular flexibility index (Phi) is 19.7. The molecule has 0 radical (unpaired) electrons. The van der Waals surface area contributed by atoms with E-state index in [0.717, 1.165) is 18.9 Å². The molecule has 0 amide bonds. The molecule has 2 atom stereocenters. The molecular weight excluding hydrogens is 609 g/mol. The third-order valence-corrected chi connectivity index (χ3v) is 5.79. The first-order valence-corrected chi connectivity index (χ1v) is 15.8. The molecule has 0 saturated carbocycles. The van der Waals surface area contributed by atoms with Gasteiger partial charge >= 0.3 is 27.7 Å². The molecule has 0 unspecified atom stereocenters. The lowest BCUT2D eigenvalue weighted by Crippen LogP contribution is -2.32. The summed E-state index contributed by atoms with van der Waals surface area (Å²) >= 11 is 0. The van der Waals surface area contributed by atoms with Crippen molar-refractivity contribution in [3.63, 3.8) is 0 Å². The molecule has 0 saturated heterocycles. The van der Waals surface area contributed by atoms with Crippen molar-refractivity contribution in [2.45, 2.75) is 91.4 Å². The highest BCUT2D eigenvalue weighted by Crippen LogP contribution is 2.29. The van der Waals surface area contributed by atoms with Gasteiger partial charge in [-0.25, -0.2) is 4.68 Å². The average Bonchev–Trinajstić information content (AvgIpc) is 3.11. The number of nitrogens with zero attached hydrogens (tertiary/aromatic N) is 4. The number of carbonyl (C=O) groups excluding carboxylic acids is 1. The summed E-state index contributed by atoms with van der Waals surface area (Å²) in [6, 6.07) is 1.09. The normalized spacial score (nSPS) is 13.9. The smallest absolute Gasteiger partial charge is 0.460 e. The highest BCUT2D eigenvalue weighted by molar-refractivity contribution is 6.76. The zero-order valence-corrected chi connectivity index (χ0v) is 25.0. The number of aromatic nitrogens is 4. The van der Waals surface area contributed by atoms with E-state index in [-0.39, 0.29) is 17.8 Å². The molecule has 0 fully saturated rings. The van der Waals surface area contributed by atoms with Gasteiger partial charge in [-0.15, -0.1) is 5.10 Å². The summed E-state index contributed by atoms with van der Waals surface area (Å²) < 4.78 is 130. The minimum atomic E-state index is -6.00. The number of rotatable bonds is 10. The van der Waals surface area contributed by atoms with Crippen molar-refractivity contribution in [3.8, 4) is 0 Å². The molecule has 246 valence electrons. The summed E-state index contributed by atoms with van der Waals surface area (Å²) in [7, 11) is -19.1. The van der Waals surface area contributed by atoms with Gasteiger partial charge in [-0.2, -0.15) is 0 Å². The molecule has 7 nitrogen and oxygen atoms in total. The Morgan fingerprint density at radius 1 is 0.902 bits per heavy atom. The maximum atomic E-state index is 12.6. The number of carbonyl (C=O) groups is 1.